The third-order valence-corrected chi connectivity index (χ3v) is 4.92. The van der Waals surface area contributed by atoms with Crippen LogP contribution in [0.3, 0.4) is 0 Å². The largest absolute Gasteiger partial charge is 0.478 e. The molecule has 0 saturated carbocycles. The summed E-state index contributed by atoms with van der Waals surface area (Å²) < 4.78 is 0. The quantitative estimate of drug-likeness (QED) is 0.827. The van der Waals surface area contributed by atoms with E-state index in [1.54, 1.807) is 18.2 Å². The first-order chi connectivity index (χ1) is 9.51. The Labute approximate surface area is 120 Å². The van der Waals surface area contributed by atoms with Crippen LogP contribution >= 0.6 is 0 Å². The van der Waals surface area contributed by atoms with Crippen LogP contribution in [0.25, 0.3) is 0 Å². The number of nitrogens with two attached hydrogens (primary N) is 1. The third kappa shape index (κ3) is 2.74. The van der Waals surface area contributed by atoms with Gasteiger partial charge in [-0.2, -0.15) is 0 Å². The lowest BCUT2D eigenvalue weighted by atomic mass is 9.74. The fourth-order valence-corrected chi connectivity index (χ4v) is 3.17. The van der Waals surface area contributed by atoms with Gasteiger partial charge in [0.15, 0.2) is 0 Å². The minimum Gasteiger partial charge on any atom is -0.478 e. The average Bonchev–Trinajstić information content (AvgIpc) is 2.47. The van der Waals surface area contributed by atoms with Crippen LogP contribution in [0.4, 0.5) is 11.4 Å². The monoisotopic (exact) mass is 276 g/mol. The Bertz CT molecular complexity index is 485. The van der Waals surface area contributed by atoms with Crippen molar-refractivity contribution in [3.63, 3.8) is 0 Å². The van der Waals surface area contributed by atoms with Gasteiger partial charge in [-0.3, -0.25) is 0 Å². The van der Waals surface area contributed by atoms with Crippen LogP contribution in [-0.2, 0) is 0 Å². The second-order valence-corrected chi connectivity index (χ2v) is 5.78. The minimum atomic E-state index is -0.886. The summed E-state index contributed by atoms with van der Waals surface area (Å²) in [5.74, 6) is -0.886. The number of anilines is 2. The van der Waals surface area contributed by atoms with Crippen molar-refractivity contribution < 1.29 is 9.90 Å². The summed E-state index contributed by atoms with van der Waals surface area (Å²) >= 11 is 0. The summed E-state index contributed by atoms with van der Waals surface area (Å²) in [6.45, 7) is 6.32. The van der Waals surface area contributed by atoms with Gasteiger partial charge in [0.2, 0.25) is 0 Å². The third-order valence-electron chi connectivity index (χ3n) is 4.92. The molecule has 1 aliphatic heterocycles. The van der Waals surface area contributed by atoms with E-state index in [9.17, 15) is 9.90 Å². The van der Waals surface area contributed by atoms with Crippen molar-refractivity contribution >= 4 is 17.3 Å². The molecule has 0 aliphatic carbocycles. The molecule has 0 aromatic heterocycles. The van der Waals surface area contributed by atoms with E-state index >= 15 is 0 Å². The van der Waals surface area contributed by atoms with Gasteiger partial charge < -0.3 is 15.7 Å². The van der Waals surface area contributed by atoms with Gasteiger partial charge in [0.25, 0.3) is 0 Å². The van der Waals surface area contributed by atoms with E-state index in [2.05, 4.69) is 18.7 Å². The van der Waals surface area contributed by atoms with Gasteiger partial charge in [-0.15, -0.1) is 0 Å². The number of carboxylic acids is 1. The van der Waals surface area contributed by atoms with Gasteiger partial charge in [0.1, 0.15) is 0 Å². The molecule has 1 saturated heterocycles. The second-order valence-electron chi connectivity index (χ2n) is 5.78. The van der Waals surface area contributed by atoms with Crippen molar-refractivity contribution in [2.75, 3.05) is 23.7 Å². The van der Waals surface area contributed by atoms with Crippen LogP contribution in [0.2, 0.25) is 0 Å². The highest BCUT2D eigenvalue weighted by atomic mass is 16.4. The molecule has 1 aromatic carbocycles. The fourth-order valence-electron chi connectivity index (χ4n) is 3.17. The van der Waals surface area contributed by atoms with Crippen LogP contribution < -0.4 is 10.6 Å². The number of nitrogen functional groups attached to an aromatic ring is 1. The lowest BCUT2D eigenvalue weighted by Gasteiger charge is -2.42. The summed E-state index contributed by atoms with van der Waals surface area (Å²) in [7, 11) is 0. The van der Waals surface area contributed by atoms with E-state index in [-0.39, 0.29) is 0 Å². The smallest absolute Gasteiger partial charge is 0.337 e. The van der Waals surface area contributed by atoms with Crippen molar-refractivity contribution in [2.24, 2.45) is 5.41 Å². The van der Waals surface area contributed by atoms with Crippen LogP contribution in [-0.4, -0.2) is 24.2 Å². The van der Waals surface area contributed by atoms with Gasteiger partial charge in [-0.05, 0) is 36.5 Å². The number of hydrogen-bond acceptors (Lipinski definition) is 3. The molecule has 3 N–H and O–H groups in total. The topological polar surface area (TPSA) is 66.6 Å². The Morgan fingerprint density at radius 2 is 1.90 bits per heavy atom. The van der Waals surface area contributed by atoms with Crippen LogP contribution in [0.1, 0.15) is 49.9 Å². The van der Waals surface area contributed by atoms with E-state index < -0.39 is 5.97 Å². The molecular formula is C16H24N2O2. The molecule has 1 aliphatic rings. The first-order valence-electron chi connectivity index (χ1n) is 7.39. The van der Waals surface area contributed by atoms with Crippen molar-refractivity contribution in [3.8, 4) is 0 Å². The Morgan fingerprint density at radius 3 is 2.40 bits per heavy atom. The van der Waals surface area contributed by atoms with Crippen molar-refractivity contribution in [1.82, 2.24) is 0 Å². The maximum absolute atomic E-state index is 11.3. The van der Waals surface area contributed by atoms with E-state index in [1.807, 2.05) is 0 Å². The van der Waals surface area contributed by atoms with Gasteiger partial charge in [0, 0.05) is 18.8 Å². The van der Waals surface area contributed by atoms with Gasteiger partial charge in [-0.25, -0.2) is 4.79 Å². The van der Waals surface area contributed by atoms with Crippen LogP contribution in [0, 0.1) is 5.41 Å². The molecule has 1 heterocycles. The minimum absolute atomic E-state index is 0.347. The van der Waals surface area contributed by atoms with E-state index in [4.69, 9.17) is 5.73 Å². The first kappa shape index (κ1) is 14.7. The first-order valence-corrected chi connectivity index (χ1v) is 7.39. The molecule has 20 heavy (non-hydrogen) atoms. The maximum Gasteiger partial charge on any atom is 0.337 e. The van der Waals surface area contributed by atoms with Crippen LogP contribution in [0.5, 0.6) is 0 Å². The number of carbonyl (C=O) groups is 1. The van der Waals surface area contributed by atoms with Crippen molar-refractivity contribution in [2.45, 2.75) is 39.5 Å². The van der Waals surface area contributed by atoms with Gasteiger partial charge in [-0.1, -0.05) is 26.7 Å². The standard InChI is InChI=1S/C16H24N2O2/c1-3-16(4-2)7-9-18(10-8-16)14-11-12(17)5-6-13(14)15(19)20/h5-6,11H,3-4,7-10,17H2,1-2H3,(H,19,20). The normalized spacial score (nSPS) is 18.0. The predicted octanol–water partition coefficient (Wildman–Crippen LogP) is 3.37. The van der Waals surface area contributed by atoms with Crippen LogP contribution in [0.15, 0.2) is 18.2 Å². The number of rotatable bonds is 4. The molecule has 0 atom stereocenters. The Balaban J connectivity index is 2.22. The summed E-state index contributed by atoms with van der Waals surface area (Å²) in [6, 6.07) is 5.04. The van der Waals surface area contributed by atoms with E-state index in [0.717, 1.165) is 31.6 Å². The number of aromatic carboxylic acids is 1. The molecule has 4 nitrogen and oxygen atoms in total. The number of hydrogen-bond donors (Lipinski definition) is 2. The second kappa shape index (κ2) is 5.73. The molecule has 110 valence electrons. The van der Waals surface area contributed by atoms with Crippen molar-refractivity contribution in [1.29, 1.82) is 0 Å². The molecule has 0 spiro atoms. The zero-order chi connectivity index (χ0) is 14.8. The van der Waals surface area contributed by atoms with Crippen molar-refractivity contribution in [3.05, 3.63) is 23.8 Å². The highest BCUT2D eigenvalue weighted by Gasteiger charge is 2.32. The highest BCUT2D eigenvalue weighted by molar-refractivity contribution is 5.95. The molecule has 0 amide bonds. The lowest BCUT2D eigenvalue weighted by Crippen LogP contribution is -2.40. The molecular weight excluding hydrogens is 252 g/mol. The van der Waals surface area contributed by atoms with Gasteiger partial charge in [0.05, 0.1) is 11.3 Å². The average molecular weight is 276 g/mol. The zero-order valence-corrected chi connectivity index (χ0v) is 12.4. The lowest BCUT2D eigenvalue weighted by molar-refractivity contribution is 0.0697. The molecule has 4 heteroatoms. The molecule has 0 unspecified atom stereocenters. The number of carboxylic acid groups (broad SMARTS) is 1. The number of piperidine rings is 1. The summed E-state index contributed by atoms with van der Waals surface area (Å²) in [5.41, 5.74) is 7.98. The molecule has 0 radical (unpaired) electrons. The Kier molecular flexibility index (Phi) is 4.21. The number of nitrogens with zero attached hydrogens (tertiary/aromatic N) is 1. The molecule has 2 rings (SSSR count). The SMILES string of the molecule is CCC1(CC)CCN(c2cc(N)ccc2C(=O)O)CC1. The summed E-state index contributed by atoms with van der Waals surface area (Å²) in [5, 5.41) is 9.31. The molecule has 1 fully saturated rings. The Morgan fingerprint density at radius 1 is 1.30 bits per heavy atom. The van der Waals surface area contributed by atoms with Gasteiger partial charge >= 0.3 is 5.97 Å². The fraction of sp³-hybridized carbons (Fsp3) is 0.562. The molecule has 1 aromatic rings. The number of benzene rings is 1. The maximum atomic E-state index is 11.3. The highest BCUT2D eigenvalue weighted by Crippen LogP contribution is 2.39. The zero-order valence-electron chi connectivity index (χ0n) is 12.4. The summed E-state index contributed by atoms with van der Waals surface area (Å²) in [6.07, 6.45) is 4.63. The van der Waals surface area contributed by atoms with E-state index in [0.29, 0.717) is 16.7 Å². The summed E-state index contributed by atoms with van der Waals surface area (Å²) in [4.78, 5) is 13.5. The molecule has 0 bridgehead atoms. The Hall–Kier alpha value is -1.71. The predicted molar refractivity (Wildman–Crippen MR) is 82.3 cm³/mol. The van der Waals surface area contributed by atoms with E-state index in [1.165, 1.54) is 12.8 Å².